The number of hydrogen-bond acceptors (Lipinski definition) is 13. The summed E-state index contributed by atoms with van der Waals surface area (Å²) in [5.41, 5.74) is 1.64. The predicted molar refractivity (Wildman–Crippen MR) is 134 cm³/mol. The molecule has 0 aliphatic heterocycles. The Bertz CT molecular complexity index is 1650. The monoisotopic (exact) mass is 531 g/mol. The average molecular weight is 531 g/mol. The normalized spacial score (nSPS) is 11.8. The van der Waals surface area contributed by atoms with E-state index < -0.39 is 0 Å². The van der Waals surface area contributed by atoms with Gasteiger partial charge in [-0.05, 0) is 13.0 Å². The minimum atomic E-state index is -0.340. The zero-order valence-corrected chi connectivity index (χ0v) is 20.8. The summed E-state index contributed by atoms with van der Waals surface area (Å²) in [4.78, 5) is 37.3. The summed E-state index contributed by atoms with van der Waals surface area (Å²) in [6, 6.07) is 0. The van der Waals surface area contributed by atoms with Crippen LogP contribution in [0.4, 0.5) is 0 Å². The lowest BCUT2D eigenvalue weighted by Gasteiger charge is -1.97. The molecule has 1 N–H and O–H groups in total. The highest BCUT2D eigenvalue weighted by Gasteiger charge is 2.19. The molecule has 0 aromatic carbocycles. The molecular weight excluding hydrogens is 510 g/mol. The van der Waals surface area contributed by atoms with Crippen LogP contribution in [0, 0.1) is 0 Å². The molecule has 1 amide bonds. The number of rotatable bonds is 10. The molecule has 0 fully saturated rings. The molecule has 0 aliphatic carbocycles. The van der Waals surface area contributed by atoms with Crippen LogP contribution < -0.4 is 5.32 Å². The molecule has 39 heavy (non-hydrogen) atoms. The Hall–Kier alpha value is -5.53. The van der Waals surface area contributed by atoms with Gasteiger partial charge in [-0.2, -0.15) is 0 Å². The summed E-state index contributed by atoms with van der Waals surface area (Å²) in [5, 5.41) is 2.65. The molecule has 0 radical (unpaired) electrons. The van der Waals surface area contributed by atoms with E-state index in [2.05, 4.69) is 41.8 Å². The Morgan fingerprint density at radius 3 is 2.31 bits per heavy atom. The van der Waals surface area contributed by atoms with Gasteiger partial charge in [-0.15, -0.1) is 0 Å². The smallest absolute Gasteiger partial charge is 0.273 e. The predicted octanol–water partition coefficient (Wildman–Crippen LogP) is 4.17. The summed E-state index contributed by atoms with van der Waals surface area (Å²) < 4.78 is 32.4. The molecule has 0 aliphatic rings. The van der Waals surface area contributed by atoms with E-state index in [4.69, 9.17) is 26.8 Å². The van der Waals surface area contributed by atoms with Gasteiger partial charge in [0.2, 0.25) is 29.5 Å². The van der Waals surface area contributed by atoms with Gasteiger partial charge < -0.3 is 32.1 Å². The molecule has 0 spiro atoms. The van der Waals surface area contributed by atoms with Crippen LogP contribution in [0.15, 0.2) is 77.3 Å². The number of aromatic nitrogens is 5. The first-order valence-corrected chi connectivity index (χ1v) is 11.5. The highest BCUT2D eigenvalue weighted by atomic mass is 16.5. The van der Waals surface area contributed by atoms with E-state index in [1.54, 1.807) is 19.2 Å². The van der Waals surface area contributed by atoms with Gasteiger partial charge in [-0.25, -0.2) is 24.9 Å². The van der Waals surface area contributed by atoms with Gasteiger partial charge in [0.25, 0.3) is 5.91 Å². The van der Waals surface area contributed by atoms with Crippen molar-refractivity contribution in [3.8, 4) is 34.8 Å². The lowest BCUT2D eigenvalue weighted by atomic mass is 10.3. The Morgan fingerprint density at radius 1 is 0.897 bits per heavy atom. The maximum absolute atomic E-state index is 11.9. The zero-order chi connectivity index (χ0) is 27.2. The van der Waals surface area contributed by atoms with Crippen molar-refractivity contribution in [3.63, 3.8) is 0 Å². The van der Waals surface area contributed by atoms with E-state index >= 15 is 0 Å². The quantitative estimate of drug-likeness (QED) is 0.154. The summed E-state index contributed by atoms with van der Waals surface area (Å²) >= 11 is 0. The maximum Gasteiger partial charge on any atom is 0.273 e. The molecular formula is C25H21N7O7. The van der Waals surface area contributed by atoms with E-state index in [1.807, 2.05) is 6.92 Å². The summed E-state index contributed by atoms with van der Waals surface area (Å²) in [7, 11) is 1.57. The fourth-order valence-corrected chi connectivity index (χ4v) is 3.26. The van der Waals surface area contributed by atoms with Gasteiger partial charge in [0.05, 0.1) is 6.26 Å². The van der Waals surface area contributed by atoms with Gasteiger partial charge in [0.1, 0.15) is 31.3 Å². The number of nitrogens with one attached hydrogen (secondary N) is 1. The lowest BCUT2D eigenvalue weighted by Crippen LogP contribution is -2.22. The second kappa shape index (κ2) is 11.2. The van der Waals surface area contributed by atoms with Crippen LogP contribution in [0.2, 0.25) is 0 Å². The van der Waals surface area contributed by atoms with Crippen molar-refractivity contribution in [2.75, 3.05) is 13.6 Å². The van der Waals surface area contributed by atoms with Crippen LogP contribution >= 0.6 is 0 Å². The molecule has 0 saturated carbocycles. The number of hydrogen-bond donors (Lipinski definition) is 1. The maximum atomic E-state index is 11.9. The number of nitrogens with zero attached hydrogens (tertiary/aromatic N) is 6. The Morgan fingerprint density at radius 2 is 1.54 bits per heavy atom. The van der Waals surface area contributed by atoms with E-state index in [0.29, 0.717) is 47.5 Å². The average Bonchev–Trinajstić information content (AvgIpc) is 3.77. The number of carbonyl (C=O) groups is 1. The standard InChI is InChI=1S/C25H21N7O7/c1-4-27-21(33)14-9-37-25(30-14)18-13-39-24(32-18)17-11-36-20(29-17)8-6-7-19-28-16(10-35-19)23-31-15(12-38-23)22(26-3)34-5-2/h5-7,9-13H,2,4,8H2,1,3H3,(H,27,33)/b7-6+,26-22-. The van der Waals surface area contributed by atoms with Crippen molar-refractivity contribution in [3.05, 3.63) is 73.4 Å². The second-order valence-electron chi connectivity index (χ2n) is 7.59. The molecule has 5 rings (SSSR count). The highest BCUT2D eigenvalue weighted by molar-refractivity contribution is 5.92. The molecule has 0 unspecified atom stereocenters. The Kier molecular flexibility index (Phi) is 7.25. The first-order valence-electron chi connectivity index (χ1n) is 11.5. The van der Waals surface area contributed by atoms with Gasteiger partial charge in [0.15, 0.2) is 34.4 Å². The molecule has 0 saturated heterocycles. The van der Waals surface area contributed by atoms with Crippen LogP contribution in [0.25, 0.3) is 40.8 Å². The van der Waals surface area contributed by atoms with Crippen molar-refractivity contribution < 1.29 is 31.6 Å². The lowest BCUT2D eigenvalue weighted by molar-refractivity contribution is 0.0951. The second-order valence-corrected chi connectivity index (χ2v) is 7.59. The minimum Gasteiger partial charge on any atom is -0.448 e. The highest BCUT2D eigenvalue weighted by Crippen LogP contribution is 2.24. The summed E-state index contributed by atoms with van der Waals surface area (Å²) in [5.74, 6) is 1.26. The van der Waals surface area contributed by atoms with Gasteiger partial charge >= 0.3 is 0 Å². The zero-order valence-electron chi connectivity index (χ0n) is 20.8. The molecule has 198 valence electrons. The fraction of sp³-hybridized carbons (Fsp3) is 0.160. The topological polar surface area (TPSA) is 181 Å². The molecule has 0 bridgehead atoms. The first-order chi connectivity index (χ1) is 19.1. The van der Waals surface area contributed by atoms with Crippen LogP contribution in [0.1, 0.15) is 34.9 Å². The van der Waals surface area contributed by atoms with Crippen LogP contribution in [0.3, 0.4) is 0 Å². The Balaban J connectivity index is 1.20. The van der Waals surface area contributed by atoms with Crippen LogP contribution in [-0.2, 0) is 11.2 Å². The number of carbonyl (C=O) groups excluding carboxylic acids is 1. The molecule has 5 aromatic heterocycles. The number of oxazole rings is 5. The van der Waals surface area contributed by atoms with E-state index in [1.165, 1.54) is 37.6 Å². The molecule has 14 heteroatoms. The number of allylic oxidation sites excluding steroid dienone is 1. The van der Waals surface area contributed by atoms with Crippen molar-refractivity contribution in [1.29, 1.82) is 0 Å². The van der Waals surface area contributed by atoms with E-state index in [9.17, 15) is 4.79 Å². The number of ether oxygens (including phenoxy) is 1. The van der Waals surface area contributed by atoms with Crippen molar-refractivity contribution in [2.24, 2.45) is 4.99 Å². The third kappa shape index (κ3) is 5.58. The molecule has 14 nitrogen and oxygen atoms in total. The van der Waals surface area contributed by atoms with Crippen molar-refractivity contribution in [1.82, 2.24) is 30.2 Å². The fourth-order valence-electron chi connectivity index (χ4n) is 3.26. The van der Waals surface area contributed by atoms with Gasteiger partial charge in [-0.3, -0.25) is 9.79 Å². The third-order valence-electron chi connectivity index (χ3n) is 4.98. The van der Waals surface area contributed by atoms with E-state index in [0.717, 1.165) is 0 Å². The molecule has 0 atom stereocenters. The number of amides is 1. The first kappa shape index (κ1) is 25.1. The molecule has 5 heterocycles. The van der Waals surface area contributed by atoms with Gasteiger partial charge in [-0.1, -0.05) is 12.7 Å². The van der Waals surface area contributed by atoms with E-state index in [-0.39, 0.29) is 35.2 Å². The van der Waals surface area contributed by atoms with Crippen molar-refractivity contribution in [2.45, 2.75) is 13.3 Å². The summed E-state index contributed by atoms with van der Waals surface area (Å²) in [6.07, 6.45) is 11.9. The van der Waals surface area contributed by atoms with Gasteiger partial charge in [0, 0.05) is 20.0 Å². The largest absolute Gasteiger partial charge is 0.448 e. The van der Waals surface area contributed by atoms with Crippen molar-refractivity contribution >= 4 is 17.9 Å². The van der Waals surface area contributed by atoms with Crippen LogP contribution in [-0.4, -0.2) is 50.3 Å². The number of aliphatic imine (C=N–C) groups is 1. The minimum absolute atomic E-state index is 0.147. The Labute approximate surface area is 220 Å². The SMILES string of the molecule is C=CO/C(=N\C)c1coc(-c2coc(/C=C/Cc3nc(-c4nc(-c5nc(C(=O)NCC)co5)co4)co3)n2)n1. The molecule has 5 aromatic rings. The van der Waals surface area contributed by atoms with Crippen LogP contribution in [0.5, 0.6) is 0 Å². The third-order valence-corrected chi connectivity index (χ3v) is 4.98. The summed E-state index contributed by atoms with van der Waals surface area (Å²) in [6.45, 7) is 5.79.